The molecule has 0 heterocycles. The van der Waals surface area contributed by atoms with Crippen LogP contribution in [-0.4, -0.2) is 11.7 Å². The first-order chi connectivity index (χ1) is 10.2. The van der Waals surface area contributed by atoms with Gasteiger partial charge in [0.05, 0.1) is 0 Å². The van der Waals surface area contributed by atoms with E-state index in [9.17, 15) is 0 Å². The molecule has 2 rings (SSSR count). The Labute approximate surface area is 140 Å². The van der Waals surface area contributed by atoms with Crippen LogP contribution in [0.5, 0.6) is 0 Å². The third kappa shape index (κ3) is 6.27. The Morgan fingerprint density at radius 3 is 2.38 bits per heavy atom. The van der Waals surface area contributed by atoms with Crippen molar-refractivity contribution in [1.29, 1.82) is 0 Å². The van der Waals surface area contributed by atoms with Crippen LogP contribution in [0, 0.1) is 0 Å². The minimum atomic E-state index is 0.678. The van der Waals surface area contributed by atoms with Crippen molar-refractivity contribution in [3.63, 3.8) is 0 Å². The van der Waals surface area contributed by atoms with Crippen LogP contribution in [0.15, 0.2) is 59.1 Å². The quantitative estimate of drug-likeness (QED) is 0.572. The van der Waals surface area contributed by atoms with Gasteiger partial charge in [0.15, 0.2) is 5.11 Å². The van der Waals surface area contributed by atoms with Crippen molar-refractivity contribution in [1.82, 2.24) is 5.32 Å². The maximum absolute atomic E-state index is 5.28. The van der Waals surface area contributed by atoms with Crippen molar-refractivity contribution >= 4 is 38.9 Å². The van der Waals surface area contributed by atoms with Crippen LogP contribution in [0.1, 0.15) is 18.4 Å². The second-order valence-electron chi connectivity index (χ2n) is 4.83. The molecule has 0 aromatic heterocycles. The number of thiocarbonyl (C=S) groups is 1. The molecule has 0 fully saturated rings. The van der Waals surface area contributed by atoms with Gasteiger partial charge in [-0.3, -0.25) is 0 Å². The lowest BCUT2D eigenvalue weighted by Gasteiger charge is -2.10. The molecule has 0 spiro atoms. The number of halogens is 1. The Balaban J connectivity index is 1.60. The number of nitrogens with one attached hydrogen (secondary N) is 2. The molecule has 0 bridgehead atoms. The SMILES string of the molecule is S=C(NCCCCc1ccccc1)Nc1ccc(Br)cc1. The zero-order valence-electron chi connectivity index (χ0n) is 11.8. The molecule has 2 aromatic rings. The number of aryl methyl sites for hydroxylation is 1. The predicted octanol–water partition coefficient (Wildman–Crippen LogP) is 4.76. The third-order valence-corrected chi connectivity index (χ3v) is 3.90. The molecule has 4 heteroatoms. The third-order valence-electron chi connectivity index (χ3n) is 3.12. The van der Waals surface area contributed by atoms with Gasteiger partial charge < -0.3 is 10.6 Å². The van der Waals surface area contributed by atoms with Crippen LogP contribution >= 0.6 is 28.1 Å². The second-order valence-corrected chi connectivity index (χ2v) is 6.15. The highest BCUT2D eigenvalue weighted by Gasteiger charge is 1.97. The molecular formula is C17H19BrN2S. The van der Waals surface area contributed by atoms with Crippen LogP contribution in [-0.2, 0) is 6.42 Å². The zero-order chi connectivity index (χ0) is 14.9. The van der Waals surface area contributed by atoms with Crippen molar-refractivity contribution in [2.45, 2.75) is 19.3 Å². The van der Waals surface area contributed by atoms with Gasteiger partial charge in [0.2, 0.25) is 0 Å². The number of unbranched alkanes of at least 4 members (excludes halogenated alkanes) is 1. The van der Waals surface area contributed by atoms with Crippen molar-refractivity contribution in [3.8, 4) is 0 Å². The summed E-state index contributed by atoms with van der Waals surface area (Å²) in [6.07, 6.45) is 3.39. The molecule has 0 aliphatic carbocycles. The smallest absolute Gasteiger partial charge is 0.170 e. The van der Waals surface area contributed by atoms with Gasteiger partial charge >= 0.3 is 0 Å². The highest BCUT2D eigenvalue weighted by Crippen LogP contribution is 2.13. The first kappa shape index (κ1) is 16.0. The van der Waals surface area contributed by atoms with Crippen LogP contribution in [0.25, 0.3) is 0 Å². The van der Waals surface area contributed by atoms with Crippen molar-refractivity contribution in [3.05, 3.63) is 64.6 Å². The van der Waals surface area contributed by atoms with Gasteiger partial charge in [0.25, 0.3) is 0 Å². The van der Waals surface area contributed by atoms with Gasteiger partial charge in [-0.1, -0.05) is 46.3 Å². The summed E-state index contributed by atoms with van der Waals surface area (Å²) in [6.45, 7) is 0.898. The van der Waals surface area contributed by atoms with E-state index in [4.69, 9.17) is 12.2 Å². The zero-order valence-corrected chi connectivity index (χ0v) is 14.2. The van der Waals surface area contributed by atoms with Crippen LogP contribution in [0.4, 0.5) is 5.69 Å². The van der Waals surface area contributed by atoms with E-state index in [-0.39, 0.29) is 0 Å². The summed E-state index contributed by atoms with van der Waals surface area (Å²) in [5, 5.41) is 7.10. The van der Waals surface area contributed by atoms with Crippen LogP contribution < -0.4 is 10.6 Å². The summed E-state index contributed by atoms with van der Waals surface area (Å²) >= 11 is 8.69. The summed E-state index contributed by atoms with van der Waals surface area (Å²) in [5.74, 6) is 0. The summed E-state index contributed by atoms with van der Waals surface area (Å²) in [4.78, 5) is 0. The second kappa shape index (κ2) is 8.80. The maximum atomic E-state index is 5.28. The van der Waals surface area contributed by atoms with Gasteiger partial charge in [-0.05, 0) is 61.3 Å². The number of hydrogen-bond donors (Lipinski definition) is 2. The molecule has 0 atom stereocenters. The van der Waals surface area contributed by atoms with E-state index in [0.29, 0.717) is 5.11 Å². The Hall–Kier alpha value is -1.39. The molecule has 0 amide bonds. The fraction of sp³-hybridized carbons (Fsp3) is 0.235. The molecule has 0 aliphatic rings. The number of benzene rings is 2. The van der Waals surface area contributed by atoms with Crippen molar-refractivity contribution in [2.75, 3.05) is 11.9 Å². The Bertz CT molecular complexity index is 555. The fourth-order valence-electron chi connectivity index (χ4n) is 2.01. The summed E-state index contributed by atoms with van der Waals surface area (Å²) < 4.78 is 1.06. The van der Waals surface area contributed by atoms with E-state index in [1.807, 2.05) is 24.3 Å². The molecule has 0 aliphatic heterocycles. The van der Waals surface area contributed by atoms with Crippen molar-refractivity contribution < 1.29 is 0 Å². The molecule has 2 nitrogen and oxygen atoms in total. The van der Waals surface area contributed by atoms with E-state index in [1.165, 1.54) is 5.56 Å². The van der Waals surface area contributed by atoms with E-state index in [2.05, 4.69) is 56.9 Å². The lowest BCUT2D eigenvalue weighted by atomic mass is 10.1. The van der Waals surface area contributed by atoms with Gasteiger partial charge in [-0.2, -0.15) is 0 Å². The monoisotopic (exact) mass is 362 g/mol. The van der Waals surface area contributed by atoms with Crippen LogP contribution in [0.2, 0.25) is 0 Å². The Morgan fingerprint density at radius 2 is 1.67 bits per heavy atom. The summed E-state index contributed by atoms with van der Waals surface area (Å²) in [7, 11) is 0. The minimum absolute atomic E-state index is 0.678. The standard InChI is InChI=1S/C17H19BrN2S/c18-15-9-11-16(12-10-15)20-17(21)19-13-5-4-8-14-6-2-1-3-7-14/h1-3,6-7,9-12H,4-5,8,13H2,(H2,19,20,21). The minimum Gasteiger partial charge on any atom is -0.362 e. The van der Waals surface area contributed by atoms with Crippen molar-refractivity contribution in [2.24, 2.45) is 0 Å². The average Bonchev–Trinajstić information content (AvgIpc) is 2.50. The highest BCUT2D eigenvalue weighted by atomic mass is 79.9. The van der Waals surface area contributed by atoms with Gasteiger partial charge in [0, 0.05) is 16.7 Å². The molecule has 110 valence electrons. The summed E-state index contributed by atoms with van der Waals surface area (Å²) in [5.41, 5.74) is 2.40. The maximum Gasteiger partial charge on any atom is 0.170 e. The topological polar surface area (TPSA) is 24.1 Å². The molecular weight excluding hydrogens is 344 g/mol. The van der Waals surface area contributed by atoms with E-state index < -0.39 is 0 Å². The van der Waals surface area contributed by atoms with Gasteiger partial charge in [0.1, 0.15) is 0 Å². The average molecular weight is 363 g/mol. The Kier molecular flexibility index (Phi) is 6.70. The van der Waals surface area contributed by atoms with E-state index in [0.717, 1.165) is 36.0 Å². The molecule has 2 N–H and O–H groups in total. The lowest BCUT2D eigenvalue weighted by Crippen LogP contribution is -2.29. The number of hydrogen-bond acceptors (Lipinski definition) is 1. The summed E-state index contributed by atoms with van der Waals surface area (Å²) in [6, 6.07) is 18.5. The highest BCUT2D eigenvalue weighted by molar-refractivity contribution is 9.10. The van der Waals surface area contributed by atoms with E-state index >= 15 is 0 Å². The molecule has 2 aromatic carbocycles. The number of rotatable bonds is 6. The first-order valence-electron chi connectivity index (χ1n) is 7.08. The number of anilines is 1. The molecule has 0 saturated carbocycles. The largest absolute Gasteiger partial charge is 0.362 e. The van der Waals surface area contributed by atoms with Gasteiger partial charge in [-0.25, -0.2) is 0 Å². The van der Waals surface area contributed by atoms with E-state index in [1.54, 1.807) is 0 Å². The molecule has 0 radical (unpaired) electrons. The lowest BCUT2D eigenvalue weighted by molar-refractivity contribution is 0.711. The molecule has 0 unspecified atom stereocenters. The Morgan fingerprint density at radius 1 is 0.952 bits per heavy atom. The van der Waals surface area contributed by atoms with Gasteiger partial charge in [-0.15, -0.1) is 0 Å². The predicted molar refractivity (Wildman–Crippen MR) is 97.7 cm³/mol. The fourth-order valence-corrected chi connectivity index (χ4v) is 2.49. The normalized spacial score (nSPS) is 10.1. The molecule has 0 saturated heterocycles. The first-order valence-corrected chi connectivity index (χ1v) is 8.28. The molecule has 21 heavy (non-hydrogen) atoms. The van der Waals surface area contributed by atoms with Crippen LogP contribution in [0.3, 0.4) is 0 Å².